The summed E-state index contributed by atoms with van der Waals surface area (Å²) in [6.07, 6.45) is 0. The van der Waals surface area contributed by atoms with Gasteiger partial charge in [-0.25, -0.2) is 0 Å². The molecule has 1 amide bonds. The maximum absolute atomic E-state index is 11.2. The van der Waals surface area contributed by atoms with Crippen molar-refractivity contribution in [3.8, 4) is 0 Å². The molecule has 0 fully saturated rings. The molecular weight excluding hydrogens is 212 g/mol. The maximum Gasteiger partial charge on any atom is 0.234 e. The molecule has 0 radical (unpaired) electrons. The van der Waals surface area contributed by atoms with Crippen LogP contribution >= 0.6 is 0 Å². The van der Waals surface area contributed by atoms with E-state index in [2.05, 4.69) is 26.0 Å². The van der Waals surface area contributed by atoms with Crippen molar-refractivity contribution >= 4 is 5.91 Å². The quantitative estimate of drug-likeness (QED) is 0.527. The number of aromatic nitrogens is 4. The Morgan fingerprint density at radius 1 is 1.56 bits per heavy atom. The summed E-state index contributed by atoms with van der Waals surface area (Å²) in [5, 5.41) is 17.0. The minimum Gasteiger partial charge on any atom is -0.383 e. The standard InChI is InChI=1S/C8H16N6O2/c1-14-12-7(11-13-14)5-9-6-8(15)10-3-4-16-2/h9H,3-6H2,1-2H3,(H,10,15). The lowest BCUT2D eigenvalue weighted by molar-refractivity contribution is -0.120. The van der Waals surface area contributed by atoms with Crippen molar-refractivity contribution in [3.63, 3.8) is 0 Å². The first kappa shape index (κ1) is 12.5. The van der Waals surface area contributed by atoms with E-state index in [-0.39, 0.29) is 12.5 Å². The van der Waals surface area contributed by atoms with Gasteiger partial charge < -0.3 is 15.4 Å². The predicted octanol–water partition coefficient (Wildman–Crippen LogP) is -1.94. The number of hydrogen-bond donors (Lipinski definition) is 2. The van der Waals surface area contributed by atoms with Crippen molar-refractivity contribution in [1.29, 1.82) is 0 Å². The van der Waals surface area contributed by atoms with Gasteiger partial charge in [-0.3, -0.25) is 4.79 Å². The lowest BCUT2D eigenvalue weighted by Gasteiger charge is -2.04. The van der Waals surface area contributed by atoms with Gasteiger partial charge in [0.2, 0.25) is 5.91 Å². The Morgan fingerprint density at radius 3 is 3.00 bits per heavy atom. The molecule has 0 unspecified atom stereocenters. The van der Waals surface area contributed by atoms with Gasteiger partial charge in [0.05, 0.1) is 26.7 Å². The summed E-state index contributed by atoms with van der Waals surface area (Å²) < 4.78 is 4.80. The third-order valence-electron chi connectivity index (χ3n) is 1.75. The molecule has 8 heteroatoms. The molecule has 0 atom stereocenters. The molecule has 0 saturated carbocycles. The number of ether oxygens (including phenoxy) is 1. The van der Waals surface area contributed by atoms with Crippen molar-refractivity contribution in [3.05, 3.63) is 5.82 Å². The van der Waals surface area contributed by atoms with Crippen LogP contribution in [0.3, 0.4) is 0 Å². The Labute approximate surface area is 93.3 Å². The zero-order valence-electron chi connectivity index (χ0n) is 9.43. The summed E-state index contributed by atoms with van der Waals surface area (Å²) >= 11 is 0. The summed E-state index contributed by atoms with van der Waals surface area (Å²) in [6, 6.07) is 0. The molecule has 16 heavy (non-hydrogen) atoms. The number of nitrogens with one attached hydrogen (secondary N) is 2. The van der Waals surface area contributed by atoms with Crippen LogP contribution in [-0.2, 0) is 23.1 Å². The molecule has 0 aromatic carbocycles. The Hall–Kier alpha value is -1.54. The average molecular weight is 228 g/mol. The number of methoxy groups -OCH3 is 1. The van der Waals surface area contributed by atoms with Crippen molar-refractivity contribution in [2.75, 3.05) is 26.8 Å². The number of tetrazole rings is 1. The Kier molecular flexibility index (Phi) is 5.37. The molecule has 0 aliphatic carbocycles. The number of amides is 1. The third kappa shape index (κ3) is 4.80. The molecule has 1 rings (SSSR count). The Morgan fingerprint density at radius 2 is 2.38 bits per heavy atom. The summed E-state index contributed by atoms with van der Waals surface area (Å²) in [4.78, 5) is 12.6. The molecule has 8 nitrogen and oxygen atoms in total. The van der Waals surface area contributed by atoms with Gasteiger partial charge in [0.15, 0.2) is 5.82 Å². The number of hydrogen-bond acceptors (Lipinski definition) is 6. The lowest BCUT2D eigenvalue weighted by atomic mass is 10.5. The lowest BCUT2D eigenvalue weighted by Crippen LogP contribution is -2.35. The molecule has 0 aliphatic heterocycles. The van der Waals surface area contributed by atoms with Crippen LogP contribution in [0.2, 0.25) is 0 Å². The highest BCUT2D eigenvalue weighted by molar-refractivity contribution is 5.77. The zero-order chi connectivity index (χ0) is 11.8. The molecule has 0 spiro atoms. The molecule has 0 aliphatic rings. The second-order valence-electron chi connectivity index (χ2n) is 3.14. The molecule has 0 saturated heterocycles. The van der Waals surface area contributed by atoms with Gasteiger partial charge in [0.1, 0.15) is 0 Å². The number of nitrogens with zero attached hydrogens (tertiary/aromatic N) is 4. The highest BCUT2D eigenvalue weighted by Crippen LogP contribution is 1.82. The molecule has 1 aromatic rings. The number of rotatable bonds is 7. The summed E-state index contributed by atoms with van der Waals surface area (Å²) in [5.41, 5.74) is 0. The van der Waals surface area contributed by atoms with Crippen LogP contribution in [-0.4, -0.2) is 52.9 Å². The average Bonchev–Trinajstić information content (AvgIpc) is 2.65. The van der Waals surface area contributed by atoms with E-state index in [4.69, 9.17) is 4.74 Å². The number of carbonyl (C=O) groups excluding carboxylic acids is 1. The van der Waals surface area contributed by atoms with Gasteiger partial charge in [-0.05, 0) is 5.21 Å². The van der Waals surface area contributed by atoms with Crippen LogP contribution in [0.15, 0.2) is 0 Å². The molecule has 0 bridgehead atoms. The van der Waals surface area contributed by atoms with E-state index in [9.17, 15) is 4.79 Å². The van der Waals surface area contributed by atoms with Crippen LogP contribution in [0.4, 0.5) is 0 Å². The maximum atomic E-state index is 11.2. The monoisotopic (exact) mass is 228 g/mol. The topological polar surface area (TPSA) is 94.0 Å². The van der Waals surface area contributed by atoms with Crippen LogP contribution in [0.1, 0.15) is 5.82 Å². The first-order chi connectivity index (χ1) is 7.72. The van der Waals surface area contributed by atoms with Crippen LogP contribution in [0, 0.1) is 0 Å². The van der Waals surface area contributed by atoms with E-state index >= 15 is 0 Å². The third-order valence-corrected chi connectivity index (χ3v) is 1.75. The minimum absolute atomic E-state index is 0.0825. The van der Waals surface area contributed by atoms with Crippen LogP contribution in [0.25, 0.3) is 0 Å². The van der Waals surface area contributed by atoms with E-state index in [1.165, 1.54) is 4.80 Å². The highest BCUT2D eigenvalue weighted by atomic mass is 16.5. The predicted molar refractivity (Wildman–Crippen MR) is 55.4 cm³/mol. The van der Waals surface area contributed by atoms with Crippen molar-refractivity contribution in [2.24, 2.45) is 7.05 Å². The van der Waals surface area contributed by atoms with Crippen molar-refractivity contribution in [1.82, 2.24) is 30.8 Å². The fraction of sp³-hybridized carbons (Fsp3) is 0.750. The number of carbonyl (C=O) groups is 1. The fourth-order valence-electron chi connectivity index (χ4n) is 1.04. The minimum atomic E-state index is -0.0825. The fourth-order valence-corrected chi connectivity index (χ4v) is 1.04. The van der Waals surface area contributed by atoms with Crippen molar-refractivity contribution in [2.45, 2.75) is 6.54 Å². The van der Waals surface area contributed by atoms with Gasteiger partial charge >= 0.3 is 0 Å². The SMILES string of the molecule is COCCNC(=O)CNCc1nnn(C)n1. The molecular formula is C8H16N6O2. The first-order valence-electron chi connectivity index (χ1n) is 4.91. The van der Waals surface area contributed by atoms with Crippen molar-refractivity contribution < 1.29 is 9.53 Å². The van der Waals surface area contributed by atoms with E-state index in [1.807, 2.05) is 0 Å². The summed E-state index contributed by atoms with van der Waals surface area (Å²) in [5.74, 6) is 0.480. The largest absolute Gasteiger partial charge is 0.383 e. The Bertz CT molecular complexity index is 326. The van der Waals surface area contributed by atoms with Gasteiger partial charge in [-0.2, -0.15) is 4.80 Å². The second kappa shape index (κ2) is 6.85. The van der Waals surface area contributed by atoms with Gasteiger partial charge in [0.25, 0.3) is 0 Å². The van der Waals surface area contributed by atoms with Gasteiger partial charge in [-0.15, -0.1) is 10.2 Å². The van der Waals surface area contributed by atoms with E-state index < -0.39 is 0 Å². The summed E-state index contributed by atoms with van der Waals surface area (Å²) in [6.45, 7) is 1.67. The highest BCUT2D eigenvalue weighted by Gasteiger charge is 2.02. The van der Waals surface area contributed by atoms with E-state index in [0.717, 1.165) is 0 Å². The molecule has 1 heterocycles. The molecule has 2 N–H and O–H groups in total. The first-order valence-corrected chi connectivity index (χ1v) is 4.91. The summed E-state index contributed by atoms with van der Waals surface area (Å²) in [7, 11) is 3.28. The normalized spacial score (nSPS) is 10.4. The van der Waals surface area contributed by atoms with Crippen LogP contribution in [0.5, 0.6) is 0 Å². The van der Waals surface area contributed by atoms with E-state index in [1.54, 1.807) is 14.2 Å². The van der Waals surface area contributed by atoms with E-state index in [0.29, 0.717) is 25.5 Å². The molecule has 90 valence electrons. The zero-order valence-corrected chi connectivity index (χ0v) is 9.43. The van der Waals surface area contributed by atoms with Crippen LogP contribution < -0.4 is 10.6 Å². The van der Waals surface area contributed by atoms with Gasteiger partial charge in [-0.1, -0.05) is 0 Å². The second-order valence-corrected chi connectivity index (χ2v) is 3.14. The Balaban J connectivity index is 2.08. The smallest absolute Gasteiger partial charge is 0.234 e. The number of aryl methyl sites for hydroxylation is 1. The van der Waals surface area contributed by atoms with Gasteiger partial charge in [0, 0.05) is 13.7 Å². The molecule has 1 aromatic heterocycles.